The van der Waals surface area contributed by atoms with Crippen molar-refractivity contribution in [3.63, 3.8) is 0 Å². The van der Waals surface area contributed by atoms with Crippen LogP contribution in [0.15, 0.2) is 42.5 Å². The summed E-state index contributed by atoms with van der Waals surface area (Å²) in [6.45, 7) is 2.36. The van der Waals surface area contributed by atoms with E-state index in [-0.39, 0.29) is 36.3 Å². The summed E-state index contributed by atoms with van der Waals surface area (Å²) >= 11 is 0. The first-order valence-corrected chi connectivity index (χ1v) is 8.63. The highest BCUT2D eigenvalue weighted by Crippen LogP contribution is 2.47. The Hall–Kier alpha value is -2.40. The molecule has 2 N–H and O–H groups in total. The fourth-order valence-corrected chi connectivity index (χ4v) is 4.24. The number of aliphatic hydroxyl groups excluding tert-OH is 1. The van der Waals surface area contributed by atoms with Crippen LogP contribution in [-0.2, 0) is 4.79 Å². The minimum absolute atomic E-state index is 0.0219. The topological polar surface area (TPSA) is 52.6 Å². The van der Waals surface area contributed by atoms with Gasteiger partial charge in [-0.05, 0) is 47.4 Å². The SMILES string of the molecule is CC(=O)N1CC[C@@H]2[C@H](CO)Nc3ccc(-c4ccc(F)cc4)cc3[C@@H]21. The lowest BCUT2D eigenvalue weighted by molar-refractivity contribution is -0.130. The Labute approximate surface area is 146 Å². The molecule has 130 valence electrons. The molecule has 4 rings (SSSR count). The van der Waals surface area contributed by atoms with E-state index in [1.807, 2.05) is 17.0 Å². The number of benzene rings is 2. The van der Waals surface area contributed by atoms with Crippen LogP contribution in [0.25, 0.3) is 11.1 Å². The summed E-state index contributed by atoms with van der Waals surface area (Å²) < 4.78 is 13.2. The molecule has 2 aromatic carbocycles. The molecule has 1 fully saturated rings. The minimum Gasteiger partial charge on any atom is -0.394 e. The zero-order valence-corrected chi connectivity index (χ0v) is 14.1. The van der Waals surface area contributed by atoms with Crippen LogP contribution in [0.3, 0.4) is 0 Å². The lowest BCUT2D eigenvalue weighted by Gasteiger charge is -2.39. The number of carbonyl (C=O) groups is 1. The van der Waals surface area contributed by atoms with Gasteiger partial charge in [-0.3, -0.25) is 4.79 Å². The number of hydrogen-bond acceptors (Lipinski definition) is 3. The molecule has 0 aromatic heterocycles. The summed E-state index contributed by atoms with van der Waals surface area (Å²) in [6.07, 6.45) is 0.878. The number of hydrogen-bond donors (Lipinski definition) is 2. The van der Waals surface area contributed by atoms with E-state index in [4.69, 9.17) is 0 Å². The maximum absolute atomic E-state index is 13.2. The van der Waals surface area contributed by atoms with E-state index in [1.54, 1.807) is 19.1 Å². The standard InChI is InChI=1S/C20H21FN2O2/c1-12(25)23-9-8-16-19(11-24)22-18-7-4-14(10-17(18)20(16)23)13-2-5-15(21)6-3-13/h2-7,10,16,19-20,22,24H,8-9,11H2,1H3/t16-,19+,20-/m1/s1. The third-order valence-corrected chi connectivity index (χ3v) is 5.45. The molecule has 3 atom stereocenters. The molecule has 25 heavy (non-hydrogen) atoms. The summed E-state index contributed by atoms with van der Waals surface area (Å²) in [5, 5.41) is 13.2. The maximum atomic E-state index is 13.2. The lowest BCUT2D eigenvalue weighted by Crippen LogP contribution is -2.42. The fourth-order valence-electron chi connectivity index (χ4n) is 4.24. The molecule has 1 amide bonds. The summed E-state index contributed by atoms with van der Waals surface area (Å²) in [4.78, 5) is 14.0. The molecule has 0 radical (unpaired) electrons. The van der Waals surface area contributed by atoms with E-state index in [2.05, 4.69) is 11.4 Å². The molecule has 5 heteroatoms. The molecular formula is C20H21FN2O2. The van der Waals surface area contributed by atoms with E-state index < -0.39 is 0 Å². The molecular weight excluding hydrogens is 319 g/mol. The maximum Gasteiger partial charge on any atom is 0.219 e. The van der Waals surface area contributed by atoms with Crippen molar-refractivity contribution in [1.29, 1.82) is 0 Å². The van der Waals surface area contributed by atoms with Crippen LogP contribution >= 0.6 is 0 Å². The van der Waals surface area contributed by atoms with Gasteiger partial charge >= 0.3 is 0 Å². The van der Waals surface area contributed by atoms with E-state index in [0.29, 0.717) is 6.54 Å². The summed E-state index contributed by atoms with van der Waals surface area (Å²) in [6, 6.07) is 12.4. The Kier molecular flexibility index (Phi) is 3.96. The first-order valence-electron chi connectivity index (χ1n) is 8.63. The summed E-state index contributed by atoms with van der Waals surface area (Å²) in [5.74, 6) is 0.00173. The molecule has 0 bridgehead atoms. The van der Waals surface area contributed by atoms with Crippen molar-refractivity contribution in [2.24, 2.45) is 5.92 Å². The molecule has 2 aromatic rings. The van der Waals surface area contributed by atoms with E-state index in [0.717, 1.165) is 28.8 Å². The summed E-state index contributed by atoms with van der Waals surface area (Å²) in [5.41, 5.74) is 3.97. The van der Waals surface area contributed by atoms with Crippen LogP contribution in [0, 0.1) is 11.7 Å². The van der Waals surface area contributed by atoms with Crippen molar-refractivity contribution in [1.82, 2.24) is 4.90 Å². The van der Waals surface area contributed by atoms with Crippen molar-refractivity contribution in [2.45, 2.75) is 25.4 Å². The van der Waals surface area contributed by atoms with Gasteiger partial charge in [0, 0.05) is 25.1 Å². The Balaban J connectivity index is 1.79. The summed E-state index contributed by atoms with van der Waals surface area (Å²) in [7, 11) is 0. The smallest absolute Gasteiger partial charge is 0.219 e. The molecule has 2 aliphatic rings. The van der Waals surface area contributed by atoms with Gasteiger partial charge in [0.25, 0.3) is 0 Å². The number of nitrogens with zero attached hydrogens (tertiary/aromatic N) is 1. The van der Waals surface area contributed by atoms with Crippen LogP contribution in [-0.4, -0.2) is 35.1 Å². The zero-order chi connectivity index (χ0) is 17.6. The molecule has 0 unspecified atom stereocenters. The molecule has 1 saturated heterocycles. The van der Waals surface area contributed by atoms with Crippen molar-refractivity contribution in [3.8, 4) is 11.1 Å². The highest BCUT2D eigenvalue weighted by molar-refractivity contribution is 5.76. The monoisotopic (exact) mass is 340 g/mol. The molecule has 0 aliphatic carbocycles. The predicted molar refractivity (Wildman–Crippen MR) is 94.6 cm³/mol. The second-order valence-electron chi connectivity index (χ2n) is 6.85. The van der Waals surface area contributed by atoms with Crippen LogP contribution in [0.5, 0.6) is 0 Å². The lowest BCUT2D eigenvalue weighted by atomic mass is 9.82. The first-order chi connectivity index (χ1) is 12.1. The second kappa shape index (κ2) is 6.15. The number of anilines is 1. The number of amides is 1. The minimum atomic E-state index is -0.257. The Morgan fingerprint density at radius 3 is 2.64 bits per heavy atom. The predicted octanol–water partition coefficient (Wildman–Crippen LogP) is 3.19. The van der Waals surface area contributed by atoms with E-state index in [1.165, 1.54) is 12.1 Å². The van der Waals surface area contributed by atoms with Gasteiger partial charge in [0.1, 0.15) is 5.82 Å². The quantitative estimate of drug-likeness (QED) is 0.883. The van der Waals surface area contributed by atoms with Crippen LogP contribution in [0.4, 0.5) is 10.1 Å². The molecule has 2 aliphatic heterocycles. The van der Waals surface area contributed by atoms with Crippen molar-refractivity contribution in [2.75, 3.05) is 18.5 Å². The third-order valence-electron chi connectivity index (χ3n) is 5.45. The van der Waals surface area contributed by atoms with Crippen LogP contribution < -0.4 is 5.32 Å². The van der Waals surface area contributed by atoms with Gasteiger partial charge in [0.05, 0.1) is 18.7 Å². The number of halogens is 1. The molecule has 4 nitrogen and oxygen atoms in total. The van der Waals surface area contributed by atoms with E-state index in [9.17, 15) is 14.3 Å². The second-order valence-corrected chi connectivity index (χ2v) is 6.85. The average molecular weight is 340 g/mol. The highest BCUT2D eigenvalue weighted by Gasteiger charge is 2.44. The van der Waals surface area contributed by atoms with Crippen molar-refractivity contribution >= 4 is 11.6 Å². The van der Waals surface area contributed by atoms with Crippen LogP contribution in [0.1, 0.15) is 24.9 Å². The van der Waals surface area contributed by atoms with Gasteiger partial charge in [-0.1, -0.05) is 18.2 Å². The fraction of sp³-hybridized carbons (Fsp3) is 0.350. The number of aliphatic hydroxyl groups is 1. The molecule has 0 spiro atoms. The number of carbonyl (C=O) groups excluding carboxylic acids is 1. The Morgan fingerprint density at radius 1 is 1.24 bits per heavy atom. The highest BCUT2D eigenvalue weighted by atomic mass is 19.1. The zero-order valence-electron chi connectivity index (χ0n) is 14.1. The number of nitrogens with one attached hydrogen (secondary N) is 1. The number of fused-ring (bicyclic) bond motifs is 3. The van der Waals surface area contributed by atoms with Gasteiger partial charge in [0.15, 0.2) is 0 Å². The first kappa shape index (κ1) is 16.1. The number of rotatable bonds is 2. The van der Waals surface area contributed by atoms with Gasteiger partial charge in [-0.2, -0.15) is 0 Å². The van der Waals surface area contributed by atoms with Gasteiger partial charge in [-0.25, -0.2) is 4.39 Å². The largest absolute Gasteiger partial charge is 0.394 e. The van der Waals surface area contributed by atoms with Gasteiger partial charge < -0.3 is 15.3 Å². The number of likely N-dealkylation sites (tertiary alicyclic amines) is 1. The molecule has 0 saturated carbocycles. The van der Waals surface area contributed by atoms with Gasteiger partial charge in [-0.15, -0.1) is 0 Å². The Morgan fingerprint density at radius 2 is 1.96 bits per heavy atom. The van der Waals surface area contributed by atoms with Gasteiger partial charge in [0.2, 0.25) is 5.91 Å². The van der Waals surface area contributed by atoms with Crippen LogP contribution in [0.2, 0.25) is 0 Å². The normalized spacial score (nSPS) is 24.4. The van der Waals surface area contributed by atoms with E-state index >= 15 is 0 Å². The third kappa shape index (κ3) is 2.68. The molecule has 2 heterocycles. The average Bonchev–Trinajstić information content (AvgIpc) is 3.07. The Bertz CT molecular complexity index is 806. The van der Waals surface area contributed by atoms with Crippen molar-refractivity contribution < 1.29 is 14.3 Å². The van der Waals surface area contributed by atoms with Crippen molar-refractivity contribution in [3.05, 3.63) is 53.8 Å².